The highest BCUT2D eigenvalue weighted by Gasteiger charge is 2.31. The van der Waals surface area contributed by atoms with Crippen LogP contribution in [0.2, 0.25) is 0 Å². The van der Waals surface area contributed by atoms with Gasteiger partial charge in [0, 0.05) is 17.2 Å². The largest absolute Gasteiger partial charge is 0.573 e. The zero-order valence-corrected chi connectivity index (χ0v) is 13.5. The molecule has 2 heterocycles. The molecule has 0 bridgehead atoms. The van der Waals surface area contributed by atoms with Gasteiger partial charge >= 0.3 is 12.3 Å². The Morgan fingerprint density at radius 1 is 1.19 bits per heavy atom. The third-order valence-corrected chi connectivity index (χ3v) is 3.97. The fourth-order valence-corrected chi connectivity index (χ4v) is 2.82. The van der Waals surface area contributed by atoms with Gasteiger partial charge in [0.1, 0.15) is 12.4 Å². The molecule has 0 fully saturated rings. The minimum atomic E-state index is -4.77. The second-order valence-electron chi connectivity index (χ2n) is 5.79. The third-order valence-electron chi connectivity index (χ3n) is 3.97. The molecule has 0 unspecified atom stereocenters. The van der Waals surface area contributed by atoms with Crippen LogP contribution in [0.25, 0.3) is 16.9 Å². The number of rotatable bonds is 3. The van der Waals surface area contributed by atoms with Crippen LogP contribution in [0.15, 0.2) is 48.5 Å². The monoisotopic (exact) mass is 376 g/mol. The molecule has 0 atom stereocenters. The molecule has 3 aromatic rings. The van der Waals surface area contributed by atoms with Gasteiger partial charge in [-0.1, -0.05) is 12.1 Å². The lowest BCUT2D eigenvalue weighted by atomic mass is 10.1. The Labute approximate surface area is 150 Å². The van der Waals surface area contributed by atoms with Gasteiger partial charge in [-0.15, -0.1) is 13.2 Å². The molecule has 9 heteroatoms. The number of alkyl halides is 3. The van der Waals surface area contributed by atoms with Crippen molar-refractivity contribution in [3.8, 4) is 28.6 Å². The van der Waals surface area contributed by atoms with E-state index in [0.717, 1.165) is 0 Å². The number of ether oxygens (including phenoxy) is 2. The minimum absolute atomic E-state index is 0.0602. The van der Waals surface area contributed by atoms with E-state index >= 15 is 0 Å². The lowest BCUT2D eigenvalue weighted by molar-refractivity contribution is -0.274. The van der Waals surface area contributed by atoms with E-state index in [1.165, 1.54) is 35.0 Å². The number of hydrogen-bond donors (Lipinski definition) is 1. The summed E-state index contributed by atoms with van der Waals surface area (Å²) in [6.45, 7) is 0.0602. The fourth-order valence-electron chi connectivity index (χ4n) is 2.82. The number of aromatic nitrogens is 2. The number of nitrogens with zero attached hydrogens (tertiary/aromatic N) is 2. The summed E-state index contributed by atoms with van der Waals surface area (Å²) >= 11 is 0. The molecule has 1 aliphatic heterocycles. The molecule has 27 heavy (non-hydrogen) atoms. The van der Waals surface area contributed by atoms with Crippen LogP contribution in [0.1, 0.15) is 15.9 Å². The van der Waals surface area contributed by atoms with Crippen molar-refractivity contribution < 1.29 is 32.5 Å². The first-order valence-corrected chi connectivity index (χ1v) is 7.76. The van der Waals surface area contributed by atoms with Crippen LogP contribution in [-0.2, 0) is 6.61 Å². The SMILES string of the molecule is O=C(O)c1cccc(-c2cc3n(n2)-c2ccc(OC(F)(F)F)cc2CO3)c1. The lowest BCUT2D eigenvalue weighted by Crippen LogP contribution is -2.18. The summed E-state index contributed by atoms with van der Waals surface area (Å²) in [5, 5.41) is 13.5. The Balaban J connectivity index is 1.71. The maximum absolute atomic E-state index is 12.4. The Kier molecular flexibility index (Phi) is 3.79. The zero-order chi connectivity index (χ0) is 19.2. The molecule has 1 aliphatic rings. The molecule has 1 N–H and O–H groups in total. The minimum Gasteiger partial charge on any atom is -0.478 e. The first-order valence-electron chi connectivity index (χ1n) is 7.76. The van der Waals surface area contributed by atoms with Crippen molar-refractivity contribution >= 4 is 5.97 Å². The zero-order valence-electron chi connectivity index (χ0n) is 13.5. The molecule has 0 radical (unpaired) electrons. The third kappa shape index (κ3) is 3.31. The Morgan fingerprint density at radius 2 is 2.00 bits per heavy atom. The molecule has 0 spiro atoms. The van der Waals surface area contributed by atoms with Gasteiger partial charge in [0.15, 0.2) is 0 Å². The van der Waals surface area contributed by atoms with Gasteiger partial charge < -0.3 is 14.6 Å². The molecule has 4 rings (SSSR count). The molecule has 2 aromatic carbocycles. The molecular weight excluding hydrogens is 365 g/mol. The van der Waals surface area contributed by atoms with Crippen molar-refractivity contribution in [2.75, 3.05) is 0 Å². The van der Waals surface area contributed by atoms with Crippen LogP contribution in [0.4, 0.5) is 13.2 Å². The summed E-state index contributed by atoms with van der Waals surface area (Å²) in [4.78, 5) is 11.1. The van der Waals surface area contributed by atoms with Crippen LogP contribution in [-0.4, -0.2) is 27.2 Å². The number of hydrogen-bond acceptors (Lipinski definition) is 4. The second-order valence-corrected chi connectivity index (χ2v) is 5.79. The molecular formula is C18H11F3N2O4. The highest BCUT2D eigenvalue weighted by Crippen LogP contribution is 2.34. The van der Waals surface area contributed by atoms with Crippen molar-refractivity contribution in [2.45, 2.75) is 13.0 Å². The average Bonchev–Trinajstić information content (AvgIpc) is 3.05. The van der Waals surface area contributed by atoms with Gasteiger partial charge in [0.05, 0.1) is 16.9 Å². The number of carbonyl (C=O) groups is 1. The number of fused-ring (bicyclic) bond motifs is 3. The van der Waals surface area contributed by atoms with E-state index in [4.69, 9.17) is 9.84 Å². The smallest absolute Gasteiger partial charge is 0.478 e. The predicted octanol–water partition coefficient (Wildman–Crippen LogP) is 4.03. The van der Waals surface area contributed by atoms with Crippen LogP contribution >= 0.6 is 0 Å². The first-order chi connectivity index (χ1) is 12.8. The van der Waals surface area contributed by atoms with Gasteiger partial charge in [-0.05, 0) is 30.3 Å². The summed E-state index contributed by atoms with van der Waals surface area (Å²) in [5.74, 6) is -0.989. The normalized spacial score (nSPS) is 12.7. The van der Waals surface area contributed by atoms with Crippen molar-refractivity contribution in [1.82, 2.24) is 9.78 Å². The molecule has 6 nitrogen and oxygen atoms in total. The molecule has 0 aliphatic carbocycles. The highest BCUT2D eigenvalue weighted by molar-refractivity contribution is 5.89. The number of carboxylic acid groups (broad SMARTS) is 1. The van der Waals surface area contributed by atoms with Gasteiger partial charge in [0.25, 0.3) is 0 Å². The van der Waals surface area contributed by atoms with Crippen LogP contribution in [0, 0.1) is 0 Å². The fraction of sp³-hybridized carbons (Fsp3) is 0.111. The molecule has 0 saturated heterocycles. The van der Waals surface area contributed by atoms with Crippen molar-refractivity contribution in [3.63, 3.8) is 0 Å². The predicted molar refractivity (Wildman–Crippen MR) is 87.0 cm³/mol. The lowest BCUT2D eigenvalue weighted by Gasteiger charge is -2.19. The van der Waals surface area contributed by atoms with E-state index in [-0.39, 0.29) is 17.9 Å². The number of aromatic carboxylic acids is 1. The van der Waals surface area contributed by atoms with Gasteiger partial charge in [-0.3, -0.25) is 0 Å². The van der Waals surface area contributed by atoms with Gasteiger partial charge in [-0.25, -0.2) is 9.48 Å². The number of carboxylic acids is 1. The molecule has 0 amide bonds. The topological polar surface area (TPSA) is 73.6 Å². The second kappa shape index (κ2) is 6.04. The van der Waals surface area contributed by atoms with E-state index < -0.39 is 12.3 Å². The van der Waals surface area contributed by atoms with Crippen molar-refractivity contribution in [3.05, 3.63) is 59.7 Å². The van der Waals surface area contributed by atoms with Crippen molar-refractivity contribution in [1.29, 1.82) is 0 Å². The number of halogens is 3. The van der Waals surface area contributed by atoms with Gasteiger partial charge in [-0.2, -0.15) is 5.10 Å². The summed E-state index contributed by atoms with van der Waals surface area (Å²) in [5.41, 5.74) is 2.23. The first kappa shape index (κ1) is 17.0. The summed E-state index contributed by atoms with van der Waals surface area (Å²) in [6.07, 6.45) is -4.77. The van der Waals surface area contributed by atoms with E-state index in [2.05, 4.69) is 9.84 Å². The Hall–Kier alpha value is -3.49. The summed E-state index contributed by atoms with van der Waals surface area (Å²) in [7, 11) is 0. The molecule has 1 aromatic heterocycles. The molecule has 0 saturated carbocycles. The standard InChI is InChI=1S/C18H11F3N2O4/c19-18(20,21)27-13-4-5-15-12(7-13)9-26-16-8-14(22-23(15)16)10-2-1-3-11(6-10)17(24)25/h1-8H,9H2,(H,24,25). The van der Waals surface area contributed by atoms with E-state index in [9.17, 15) is 18.0 Å². The highest BCUT2D eigenvalue weighted by atomic mass is 19.4. The molecule has 138 valence electrons. The Morgan fingerprint density at radius 3 is 2.74 bits per heavy atom. The average molecular weight is 376 g/mol. The van der Waals surface area contributed by atoms with E-state index in [1.54, 1.807) is 18.2 Å². The van der Waals surface area contributed by atoms with Crippen LogP contribution < -0.4 is 9.47 Å². The Bertz CT molecular complexity index is 1040. The maximum Gasteiger partial charge on any atom is 0.573 e. The quantitative estimate of drug-likeness (QED) is 0.747. The maximum atomic E-state index is 12.4. The van der Waals surface area contributed by atoms with E-state index in [0.29, 0.717) is 28.4 Å². The number of benzene rings is 2. The van der Waals surface area contributed by atoms with Crippen LogP contribution in [0.3, 0.4) is 0 Å². The van der Waals surface area contributed by atoms with E-state index in [1.807, 2.05) is 0 Å². The van der Waals surface area contributed by atoms with Crippen molar-refractivity contribution in [2.24, 2.45) is 0 Å². The summed E-state index contributed by atoms with van der Waals surface area (Å²) in [6, 6.07) is 11.8. The van der Waals surface area contributed by atoms with Gasteiger partial charge in [0.2, 0.25) is 5.88 Å². The summed E-state index contributed by atoms with van der Waals surface area (Å²) < 4.78 is 48.1. The van der Waals surface area contributed by atoms with Crippen LogP contribution in [0.5, 0.6) is 11.6 Å².